The number of hydrogen-bond donors (Lipinski definition) is 6. The molecular formula is C67H63N3O13S3. The maximum atomic E-state index is 13.0. The zero-order valence-corrected chi connectivity index (χ0v) is 49.4. The highest BCUT2D eigenvalue weighted by Gasteiger charge is 2.20. The number of benzene rings is 9. The molecule has 0 spiro atoms. The molecule has 0 atom stereocenters. The van der Waals surface area contributed by atoms with Gasteiger partial charge in [0.05, 0.1) is 49.3 Å². The Labute approximate surface area is 501 Å². The van der Waals surface area contributed by atoms with E-state index in [1.165, 1.54) is 31.2 Å². The monoisotopic (exact) mass is 1210 g/mol. The zero-order chi connectivity index (χ0) is 61.9. The van der Waals surface area contributed by atoms with E-state index < -0.39 is 48.0 Å². The summed E-state index contributed by atoms with van der Waals surface area (Å²) >= 11 is 0. The summed E-state index contributed by atoms with van der Waals surface area (Å²) in [5.74, 6) is -3.06. The highest BCUT2D eigenvalue weighted by molar-refractivity contribution is 7.93. The molecule has 86 heavy (non-hydrogen) atoms. The van der Waals surface area contributed by atoms with Gasteiger partial charge in [0, 0.05) is 5.56 Å². The Morgan fingerprint density at radius 2 is 0.616 bits per heavy atom. The second kappa shape index (κ2) is 29.7. The number of aryl methyl sites for hydroxylation is 6. The zero-order valence-electron chi connectivity index (χ0n) is 47.0. The van der Waals surface area contributed by atoms with E-state index in [0.717, 1.165) is 33.4 Å². The van der Waals surface area contributed by atoms with Crippen LogP contribution in [-0.4, -0.2) is 70.0 Å². The van der Waals surface area contributed by atoms with Crippen molar-refractivity contribution in [2.45, 2.75) is 62.2 Å². The Hall–Kier alpha value is -9.69. The predicted molar refractivity (Wildman–Crippen MR) is 335 cm³/mol. The van der Waals surface area contributed by atoms with Gasteiger partial charge in [0.2, 0.25) is 10.0 Å². The molecule has 0 amide bonds. The molecule has 6 N–H and O–H groups in total. The van der Waals surface area contributed by atoms with E-state index in [9.17, 15) is 59.8 Å². The summed E-state index contributed by atoms with van der Waals surface area (Å²) in [6.45, 7) is 2.99. The van der Waals surface area contributed by atoms with E-state index in [1.807, 2.05) is 54.6 Å². The van der Waals surface area contributed by atoms with Crippen molar-refractivity contribution in [3.8, 4) is 11.1 Å². The van der Waals surface area contributed by atoms with E-state index in [4.69, 9.17) is 0 Å². The number of nitrogens with one attached hydrogen (secondary N) is 3. The van der Waals surface area contributed by atoms with Crippen LogP contribution in [0.1, 0.15) is 88.7 Å². The number of carboxylic acid groups (broad SMARTS) is 3. The van der Waals surface area contributed by atoms with Crippen LogP contribution in [0, 0.1) is 0 Å². The molecule has 0 unspecified atom stereocenters. The Bertz CT molecular complexity index is 4200. The molecule has 9 aromatic carbocycles. The molecule has 19 heteroatoms. The van der Waals surface area contributed by atoms with Gasteiger partial charge in [0.25, 0.3) is 20.0 Å². The van der Waals surface area contributed by atoms with Crippen molar-refractivity contribution in [1.82, 2.24) is 0 Å². The van der Waals surface area contributed by atoms with Gasteiger partial charge in [-0.25, -0.2) is 39.6 Å². The van der Waals surface area contributed by atoms with Crippen molar-refractivity contribution in [2.24, 2.45) is 0 Å². The lowest BCUT2D eigenvalue weighted by atomic mass is 9.99. The van der Waals surface area contributed by atoms with E-state index in [-0.39, 0.29) is 38.0 Å². The van der Waals surface area contributed by atoms with E-state index in [0.29, 0.717) is 72.3 Å². The number of rotatable bonds is 23. The molecule has 16 nitrogen and oxygen atoms in total. The van der Waals surface area contributed by atoms with Crippen molar-refractivity contribution in [3.63, 3.8) is 0 Å². The van der Waals surface area contributed by atoms with Crippen molar-refractivity contribution in [1.29, 1.82) is 0 Å². The standard InChI is InChI=1S/C27H23NO4S.C23H21NO5S.C17H19NO4S/c29-27(30)25-12-6-4-10-22(25)14-15-23-11-5-7-13-26(23)28-33(31,32)24-18-16-21(17-19-24)20-8-2-1-3-9-20;1-16(25)17-12-14-20(15-13-17)30(28,29)24-22-9-5-3-7-19(22)11-10-18-6-2-4-8-21(18)23(26)27;1-2-23(21,22)18-16-10-6-4-8-14(16)12-11-13-7-3-5-9-15(13)17(19)20/h1-13,16-19,28H,14-15H2,(H,29,30);2-9,12-15,24H,10-11H2,1H3,(H,26,27);3-10,18H,2,11-12H2,1H3,(H,19,20). The molecule has 0 aliphatic rings. The lowest BCUT2D eigenvalue weighted by Crippen LogP contribution is -2.16. The fourth-order valence-electron chi connectivity index (χ4n) is 9.14. The Kier molecular flexibility index (Phi) is 22.1. The topological polar surface area (TPSA) is 267 Å². The smallest absolute Gasteiger partial charge is 0.335 e. The first-order chi connectivity index (χ1) is 41.1. The van der Waals surface area contributed by atoms with Crippen LogP contribution in [-0.2, 0) is 68.6 Å². The fourth-order valence-corrected chi connectivity index (χ4v) is 12.0. The third-order valence-electron chi connectivity index (χ3n) is 13.8. The number of para-hydroxylation sites is 3. The van der Waals surface area contributed by atoms with Gasteiger partial charge >= 0.3 is 17.9 Å². The lowest BCUT2D eigenvalue weighted by Gasteiger charge is -2.14. The molecule has 9 aromatic rings. The van der Waals surface area contributed by atoms with Gasteiger partial charge in [-0.3, -0.25) is 19.0 Å². The number of carboxylic acids is 3. The third kappa shape index (κ3) is 17.9. The molecule has 0 fully saturated rings. The van der Waals surface area contributed by atoms with E-state index in [2.05, 4.69) is 14.2 Å². The van der Waals surface area contributed by atoms with E-state index in [1.54, 1.807) is 153 Å². The highest BCUT2D eigenvalue weighted by Crippen LogP contribution is 2.27. The molecule has 9 rings (SSSR count). The summed E-state index contributed by atoms with van der Waals surface area (Å²) < 4.78 is 83.0. The van der Waals surface area contributed by atoms with Crippen LogP contribution in [0.5, 0.6) is 0 Å². The number of carbonyl (C=O) groups is 4. The van der Waals surface area contributed by atoms with Gasteiger partial charge in [0.1, 0.15) is 0 Å². The molecule has 0 aromatic heterocycles. The van der Waals surface area contributed by atoms with Crippen LogP contribution < -0.4 is 14.2 Å². The first kappa shape index (κ1) is 63.9. The molecule has 0 bridgehead atoms. The van der Waals surface area contributed by atoms with Crippen LogP contribution in [0.3, 0.4) is 0 Å². The van der Waals surface area contributed by atoms with Gasteiger partial charge in [-0.15, -0.1) is 0 Å². The van der Waals surface area contributed by atoms with Crippen LogP contribution in [0.2, 0.25) is 0 Å². The molecule has 0 heterocycles. The van der Waals surface area contributed by atoms with Crippen LogP contribution in [0.4, 0.5) is 17.1 Å². The second-order valence-electron chi connectivity index (χ2n) is 19.5. The maximum absolute atomic E-state index is 13.0. The quantitative estimate of drug-likeness (QED) is 0.0326. The summed E-state index contributed by atoms with van der Waals surface area (Å²) in [5.41, 5.74) is 9.12. The third-order valence-corrected chi connectivity index (χ3v) is 17.8. The summed E-state index contributed by atoms with van der Waals surface area (Å²) in [7, 11) is -11.0. The Balaban J connectivity index is 0.000000188. The van der Waals surface area contributed by atoms with Gasteiger partial charge < -0.3 is 15.3 Å². The predicted octanol–water partition coefficient (Wildman–Crippen LogP) is 12.7. The number of Topliss-reactive ketones (excluding diaryl/α,β-unsaturated/α-hetero) is 1. The molecule has 0 aliphatic heterocycles. The van der Waals surface area contributed by atoms with Gasteiger partial charge in [-0.1, -0.05) is 164 Å². The number of ketones is 1. The molecule has 0 saturated carbocycles. The number of aromatic carboxylic acids is 3. The van der Waals surface area contributed by atoms with Crippen molar-refractivity contribution >= 4 is 70.8 Å². The molecular weight excluding hydrogens is 1150 g/mol. The Morgan fingerprint density at radius 1 is 0.337 bits per heavy atom. The summed E-state index contributed by atoms with van der Waals surface area (Å²) in [6, 6.07) is 64.1. The van der Waals surface area contributed by atoms with Crippen molar-refractivity contribution in [3.05, 3.63) is 280 Å². The number of carbonyl (C=O) groups excluding carboxylic acids is 1. The lowest BCUT2D eigenvalue weighted by molar-refractivity contribution is 0.0684. The average Bonchev–Trinajstić information content (AvgIpc) is 3.60. The minimum absolute atomic E-state index is 0.00316. The summed E-state index contributed by atoms with van der Waals surface area (Å²) in [5, 5.41) is 27.9. The SMILES string of the molecule is CC(=O)c1ccc(S(=O)(=O)Nc2ccccc2CCc2ccccc2C(=O)O)cc1.CCS(=O)(=O)Nc1ccccc1CCc1ccccc1C(=O)O.O=C(O)c1ccccc1CCc1ccccc1NS(=O)(=O)c1ccc(-c2ccccc2)cc1. The second-order valence-corrected chi connectivity index (χ2v) is 24.9. The highest BCUT2D eigenvalue weighted by atomic mass is 32.2. The van der Waals surface area contributed by atoms with Gasteiger partial charge in [0.15, 0.2) is 5.78 Å². The largest absolute Gasteiger partial charge is 0.478 e. The first-order valence-corrected chi connectivity index (χ1v) is 31.8. The van der Waals surface area contributed by atoms with Gasteiger partial charge in [-0.05, 0) is 158 Å². The Morgan fingerprint density at radius 3 is 0.953 bits per heavy atom. The molecule has 442 valence electrons. The number of anilines is 3. The minimum Gasteiger partial charge on any atom is -0.478 e. The number of sulfonamides is 3. The van der Waals surface area contributed by atoms with Crippen molar-refractivity contribution in [2.75, 3.05) is 19.9 Å². The van der Waals surface area contributed by atoms with Crippen LogP contribution >= 0.6 is 0 Å². The molecule has 0 aliphatic carbocycles. The average molecular weight is 1210 g/mol. The van der Waals surface area contributed by atoms with E-state index >= 15 is 0 Å². The molecule has 0 saturated heterocycles. The molecule has 0 radical (unpaired) electrons. The van der Waals surface area contributed by atoms with Crippen LogP contribution in [0.25, 0.3) is 11.1 Å². The van der Waals surface area contributed by atoms with Crippen LogP contribution in [0.15, 0.2) is 234 Å². The fraction of sp³-hybridized carbons (Fsp3) is 0.134. The summed E-state index contributed by atoms with van der Waals surface area (Å²) in [6.07, 6.45) is 2.96. The maximum Gasteiger partial charge on any atom is 0.335 e. The minimum atomic E-state index is -3.84. The number of hydrogen-bond acceptors (Lipinski definition) is 10. The van der Waals surface area contributed by atoms with Crippen molar-refractivity contribution < 1.29 is 59.8 Å². The summed E-state index contributed by atoms with van der Waals surface area (Å²) in [4.78, 5) is 45.7. The van der Waals surface area contributed by atoms with Gasteiger partial charge in [-0.2, -0.15) is 0 Å². The first-order valence-electron chi connectivity index (χ1n) is 27.1. The normalized spacial score (nSPS) is 11.1.